The lowest BCUT2D eigenvalue weighted by Gasteiger charge is -2.31. The van der Waals surface area contributed by atoms with Gasteiger partial charge in [0.2, 0.25) is 20.0 Å². The minimum atomic E-state index is -3.47. The number of nitrogens with one attached hydrogen (secondary N) is 1. The molecule has 136 valence electrons. The summed E-state index contributed by atoms with van der Waals surface area (Å²) in [5.41, 5.74) is 0. The number of piperidine rings is 1. The second-order valence-electron chi connectivity index (χ2n) is 5.94. The number of thiophene rings is 1. The van der Waals surface area contributed by atoms with Crippen LogP contribution in [0.1, 0.15) is 12.8 Å². The molecule has 1 N–H and O–H groups in total. The Morgan fingerprint density at radius 3 is 2.28 bits per heavy atom. The number of nitrogens with zero attached hydrogens (tertiary/aromatic N) is 1. The Bertz CT molecular complexity index is 886. The smallest absolute Gasteiger partial charge is 0.210 e. The molecule has 0 amide bonds. The van der Waals surface area contributed by atoms with Gasteiger partial charge < -0.3 is 0 Å². The zero-order valence-electron chi connectivity index (χ0n) is 13.5. The highest BCUT2D eigenvalue weighted by Gasteiger charge is 2.29. The maximum absolute atomic E-state index is 12.6. The molecule has 0 radical (unpaired) electrons. The Labute approximate surface area is 152 Å². The van der Waals surface area contributed by atoms with E-state index in [1.807, 2.05) is 0 Å². The highest BCUT2D eigenvalue weighted by Crippen LogP contribution is 2.24. The second kappa shape index (κ2) is 7.55. The van der Waals surface area contributed by atoms with Crippen molar-refractivity contribution in [3.63, 3.8) is 0 Å². The van der Waals surface area contributed by atoms with Crippen molar-refractivity contribution in [2.75, 3.05) is 19.6 Å². The van der Waals surface area contributed by atoms with E-state index in [-0.39, 0.29) is 5.92 Å². The summed E-state index contributed by atoms with van der Waals surface area (Å²) in [4.78, 5) is 0.298. The van der Waals surface area contributed by atoms with Crippen LogP contribution in [0, 0.1) is 5.92 Å². The summed E-state index contributed by atoms with van der Waals surface area (Å²) in [6.45, 7) is 1.14. The van der Waals surface area contributed by atoms with Crippen molar-refractivity contribution < 1.29 is 16.8 Å². The molecule has 1 saturated heterocycles. The van der Waals surface area contributed by atoms with Gasteiger partial charge >= 0.3 is 0 Å². The Kier molecular flexibility index (Phi) is 5.59. The van der Waals surface area contributed by atoms with E-state index in [1.54, 1.807) is 47.8 Å². The zero-order chi connectivity index (χ0) is 17.9. The van der Waals surface area contributed by atoms with Gasteiger partial charge in [0.05, 0.1) is 4.90 Å². The Balaban J connectivity index is 1.56. The van der Waals surface area contributed by atoms with Crippen molar-refractivity contribution in [3.8, 4) is 0 Å². The van der Waals surface area contributed by atoms with E-state index < -0.39 is 20.0 Å². The van der Waals surface area contributed by atoms with Gasteiger partial charge in [-0.05, 0) is 42.3 Å². The molecule has 3 rings (SSSR count). The van der Waals surface area contributed by atoms with E-state index in [0.29, 0.717) is 41.6 Å². The summed E-state index contributed by atoms with van der Waals surface area (Å²) in [6.07, 6.45) is 1.28. The number of hydrogen-bond donors (Lipinski definition) is 1. The average Bonchev–Trinajstić information content (AvgIpc) is 3.17. The van der Waals surface area contributed by atoms with Crippen LogP contribution in [0.4, 0.5) is 0 Å². The summed E-state index contributed by atoms with van der Waals surface area (Å²) in [7, 11) is -6.93. The van der Waals surface area contributed by atoms with Crippen LogP contribution in [0.15, 0.2) is 56.9 Å². The lowest BCUT2D eigenvalue weighted by atomic mass is 9.99. The SMILES string of the molecule is O=S(=O)(NCC1CCN(S(=O)(=O)c2ccccc2)CC1)c1cccs1. The molecule has 9 heteroatoms. The molecule has 1 aromatic heterocycles. The molecule has 2 aromatic rings. The minimum Gasteiger partial charge on any atom is -0.210 e. The Morgan fingerprint density at radius 2 is 1.68 bits per heavy atom. The highest BCUT2D eigenvalue weighted by molar-refractivity contribution is 7.91. The van der Waals surface area contributed by atoms with Crippen LogP contribution in [0.3, 0.4) is 0 Å². The van der Waals surface area contributed by atoms with Crippen LogP contribution in [-0.2, 0) is 20.0 Å². The van der Waals surface area contributed by atoms with Crippen molar-refractivity contribution in [2.45, 2.75) is 21.9 Å². The third kappa shape index (κ3) is 4.29. The van der Waals surface area contributed by atoms with Crippen molar-refractivity contribution in [2.24, 2.45) is 5.92 Å². The van der Waals surface area contributed by atoms with Crippen LogP contribution in [0.25, 0.3) is 0 Å². The van der Waals surface area contributed by atoms with Gasteiger partial charge in [-0.25, -0.2) is 21.6 Å². The average molecular weight is 401 g/mol. The van der Waals surface area contributed by atoms with Crippen molar-refractivity contribution in [1.82, 2.24) is 9.03 Å². The van der Waals surface area contributed by atoms with E-state index in [2.05, 4.69) is 4.72 Å². The Hall–Kier alpha value is -1.26. The van der Waals surface area contributed by atoms with Gasteiger partial charge in [-0.15, -0.1) is 11.3 Å². The van der Waals surface area contributed by atoms with Gasteiger partial charge in [0, 0.05) is 19.6 Å². The van der Waals surface area contributed by atoms with Crippen molar-refractivity contribution >= 4 is 31.4 Å². The molecule has 0 saturated carbocycles. The first-order chi connectivity index (χ1) is 11.9. The predicted octanol–water partition coefficient (Wildman–Crippen LogP) is 2.13. The van der Waals surface area contributed by atoms with E-state index in [4.69, 9.17) is 0 Å². The zero-order valence-corrected chi connectivity index (χ0v) is 16.0. The highest BCUT2D eigenvalue weighted by atomic mass is 32.2. The summed E-state index contributed by atoms with van der Waals surface area (Å²) in [6, 6.07) is 11.7. The summed E-state index contributed by atoms with van der Waals surface area (Å²) in [5, 5.41) is 1.72. The van der Waals surface area contributed by atoms with Gasteiger partial charge in [-0.3, -0.25) is 0 Å². The first-order valence-electron chi connectivity index (χ1n) is 7.98. The van der Waals surface area contributed by atoms with E-state index >= 15 is 0 Å². The lowest BCUT2D eigenvalue weighted by molar-refractivity contribution is 0.274. The monoisotopic (exact) mass is 400 g/mol. The molecule has 1 aromatic carbocycles. The number of rotatable bonds is 6. The van der Waals surface area contributed by atoms with Crippen molar-refractivity contribution in [1.29, 1.82) is 0 Å². The largest absolute Gasteiger partial charge is 0.250 e. The van der Waals surface area contributed by atoms with Crippen LogP contribution >= 0.6 is 11.3 Å². The normalized spacial score (nSPS) is 17.6. The maximum atomic E-state index is 12.6. The topological polar surface area (TPSA) is 83.6 Å². The summed E-state index contributed by atoms with van der Waals surface area (Å²) >= 11 is 1.18. The van der Waals surface area contributed by atoms with Crippen LogP contribution in [-0.4, -0.2) is 40.8 Å². The summed E-state index contributed by atoms with van der Waals surface area (Å²) < 4.78 is 53.9. The molecule has 0 aliphatic carbocycles. The molecule has 1 fully saturated rings. The lowest BCUT2D eigenvalue weighted by Crippen LogP contribution is -2.41. The van der Waals surface area contributed by atoms with Gasteiger partial charge in [0.15, 0.2) is 0 Å². The standard InChI is InChI=1S/C16H20N2O4S3/c19-24(20,16-7-4-12-23-16)17-13-14-8-10-18(11-9-14)25(21,22)15-5-2-1-3-6-15/h1-7,12,14,17H,8-11,13H2. The molecule has 1 aliphatic heterocycles. The predicted molar refractivity (Wildman–Crippen MR) is 97.4 cm³/mol. The quantitative estimate of drug-likeness (QED) is 0.805. The van der Waals surface area contributed by atoms with Crippen LogP contribution < -0.4 is 4.72 Å². The first kappa shape index (κ1) is 18.5. The molecular weight excluding hydrogens is 380 g/mol. The fraction of sp³-hybridized carbons (Fsp3) is 0.375. The molecule has 0 atom stereocenters. The van der Waals surface area contributed by atoms with E-state index in [1.165, 1.54) is 15.6 Å². The Morgan fingerprint density at radius 1 is 1.00 bits per heavy atom. The molecular formula is C16H20N2O4S3. The summed E-state index contributed by atoms with van der Waals surface area (Å²) in [5.74, 6) is 0.136. The maximum Gasteiger partial charge on any atom is 0.250 e. The molecule has 0 spiro atoms. The van der Waals surface area contributed by atoms with E-state index in [9.17, 15) is 16.8 Å². The molecule has 25 heavy (non-hydrogen) atoms. The fourth-order valence-corrected chi connectivity index (χ4v) is 6.45. The van der Waals surface area contributed by atoms with Gasteiger partial charge in [0.25, 0.3) is 0 Å². The molecule has 0 unspecified atom stereocenters. The number of benzene rings is 1. The fourth-order valence-electron chi connectivity index (χ4n) is 2.81. The van der Waals surface area contributed by atoms with Crippen molar-refractivity contribution in [3.05, 3.63) is 47.8 Å². The first-order valence-corrected chi connectivity index (χ1v) is 11.8. The molecule has 2 heterocycles. The third-order valence-electron chi connectivity index (χ3n) is 4.28. The number of sulfonamides is 2. The van der Waals surface area contributed by atoms with Gasteiger partial charge in [0.1, 0.15) is 4.21 Å². The molecule has 6 nitrogen and oxygen atoms in total. The number of hydrogen-bond acceptors (Lipinski definition) is 5. The van der Waals surface area contributed by atoms with Crippen LogP contribution in [0.2, 0.25) is 0 Å². The van der Waals surface area contributed by atoms with Gasteiger partial charge in [-0.2, -0.15) is 4.31 Å². The van der Waals surface area contributed by atoms with Gasteiger partial charge in [-0.1, -0.05) is 24.3 Å². The van der Waals surface area contributed by atoms with Crippen LogP contribution in [0.5, 0.6) is 0 Å². The second-order valence-corrected chi connectivity index (χ2v) is 10.8. The van der Waals surface area contributed by atoms with E-state index in [0.717, 1.165) is 0 Å². The molecule has 0 bridgehead atoms. The molecule has 1 aliphatic rings. The third-order valence-corrected chi connectivity index (χ3v) is 9.01. The minimum absolute atomic E-state index is 0.136.